The molecule has 0 amide bonds. The number of carbonyl (C=O) groups is 2. The Morgan fingerprint density at radius 3 is 1.76 bits per heavy atom. The lowest BCUT2D eigenvalue weighted by Crippen LogP contribution is -2.28. The van der Waals surface area contributed by atoms with Crippen LogP contribution in [-0.2, 0) is 19.1 Å². The highest BCUT2D eigenvalue weighted by molar-refractivity contribution is 5.94. The third kappa shape index (κ3) is 6.97. The molecule has 0 fully saturated rings. The van der Waals surface area contributed by atoms with Crippen molar-refractivity contribution < 1.29 is 19.1 Å². The van der Waals surface area contributed by atoms with E-state index in [-0.39, 0.29) is 0 Å². The maximum atomic E-state index is 11.6. The molecule has 0 aliphatic carbocycles. The lowest BCUT2D eigenvalue weighted by Gasteiger charge is -2.14. The minimum atomic E-state index is -0.756. The second-order valence-electron chi connectivity index (χ2n) is 4.38. The summed E-state index contributed by atoms with van der Waals surface area (Å²) in [5.74, 6) is -1.11. The van der Waals surface area contributed by atoms with Crippen molar-refractivity contribution in [1.29, 1.82) is 0 Å². The highest BCUT2D eigenvalue weighted by atomic mass is 16.6. The van der Waals surface area contributed by atoms with Gasteiger partial charge in [0, 0.05) is 0 Å². The monoisotopic (exact) mass is 244 g/mol. The van der Waals surface area contributed by atoms with E-state index in [1.54, 1.807) is 13.8 Å². The van der Waals surface area contributed by atoms with Crippen LogP contribution in [0.3, 0.4) is 0 Å². The highest BCUT2D eigenvalue weighted by Gasteiger charge is 2.28. The van der Waals surface area contributed by atoms with Crippen molar-refractivity contribution in [3.8, 4) is 0 Å². The van der Waals surface area contributed by atoms with Crippen LogP contribution in [0.1, 0.15) is 47.0 Å². The SMILES string of the molecule is CCOC(=O)C(CCCC(C)C)C(=O)OCC. The molecule has 0 radical (unpaired) electrons. The second-order valence-corrected chi connectivity index (χ2v) is 4.38. The molecule has 0 rings (SSSR count). The molecule has 0 saturated carbocycles. The summed E-state index contributed by atoms with van der Waals surface area (Å²) < 4.78 is 9.78. The van der Waals surface area contributed by atoms with Gasteiger partial charge in [-0.25, -0.2) is 0 Å². The van der Waals surface area contributed by atoms with E-state index in [2.05, 4.69) is 13.8 Å². The van der Waals surface area contributed by atoms with Crippen molar-refractivity contribution >= 4 is 11.9 Å². The van der Waals surface area contributed by atoms with E-state index in [1.165, 1.54) is 0 Å². The molecule has 0 bridgehead atoms. The summed E-state index contributed by atoms with van der Waals surface area (Å²) in [7, 11) is 0. The predicted octanol–water partition coefficient (Wildman–Crippen LogP) is 2.56. The van der Waals surface area contributed by atoms with E-state index in [0.29, 0.717) is 25.6 Å². The van der Waals surface area contributed by atoms with Gasteiger partial charge in [0.25, 0.3) is 0 Å². The Balaban J connectivity index is 4.29. The highest BCUT2D eigenvalue weighted by Crippen LogP contribution is 2.16. The van der Waals surface area contributed by atoms with Crippen LogP contribution in [-0.4, -0.2) is 25.2 Å². The molecule has 0 unspecified atom stereocenters. The average Bonchev–Trinajstić information content (AvgIpc) is 2.24. The Labute approximate surface area is 104 Å². The molecule has 0 heterocycles. The van der Waals surface area contributed by atoms with Gasteiger partial charge in [0.05, 0.1) is 13.2 Å². The van der Waals surface area contributed by atoms with Gasteiger partial charge in [-0.15, -0.1) is 0 Å². The molecule has 0 aromatic rings. The zero-order valence-corrected chi connectivity index (χ0v) is 11.3. The molecular formula is C13H24O4. The Kier molecular flexibility index (Phi) is 8.46. The van der Waals surface area contributed by atoms with Gasteiger partial charge >= 0.3 is 11.9 Å². The molecule has 0 aromatic carbocycles. The van der Waals surface area contributed by atoms with Crippen molar-refractivity contribution in [2.75, 3.05) is 13.2 Å². The largest absolute Gasteiger partial charge is 0.465 e. The number of ether oxygens (including phenoxy) is 2. The molecule has 100 valence electrons. The number of hydrogen-bond acceptors (Lipinski definition) is 4. The van der Waals surface area contributed by atoms with Crippen LogP contribution in [0.15, 0.2) is 0 Å². The zero-order valence-electron chi connectivity index (χ0n) is 11.3. The van der Waals surface area contributed by atoms with E-state index in [1.807, 2.05) is 0 Å². The second kappa shape index (κ2) is 9.02. The summed E-state index contributed by atoms with van der Waals surface area (Å²) >= 11 is 0. The number of carbonyl (C=O) groups excluding carboxylic acids is 2. The van der Waals surface area contributed by atoms with Gasteiger partial charge in [-0.2, -0.15) is 0 Å². The lowest BCUT2D eigenvalue weighted by molar-refractivity contribution is -0.162. The van der Waals surface area contributed by atoms with Crippen LogP contribution in [0.25, 0.3) is 0 Å². The van der Waals surface area contributed by atoms with Crippen LogP contribution in [0, 0.1) is 11.8 Å². The van der Waals surface area contributed by atoms with Crippen molar-refractivity contribution in [2.45, 2.75) is 47.0 Å². The molecule has 0 spiro atoms. The number of esters is 2. The summed E-state index contributed by atoms with van der Waals surface area (Å²) in [5.41, 5.74) is 0. The van der Waals surface area contributed by atoms with Gasteiger partial charge in [-0.1, -0.05) is 26.7 Å². The van der Waals surface area contributed by atoms with Gasteiger partial charge in [0.2, 0.25) is 0 Å². The molecule has 0 atom stereocenters. The Morgan fingerprint density at radius 2 is 1.41 bits per heavy atom. The van der Waals surface area contributed by atoms with Gasteiger partial charge in [-0.05, 0) is 26.2 Å². The van der Waals surface area contributed by atoms with Crippen LogP contribution in [0.5, 0.6) is 0 Å². The standard InChI is InChI=1S/C13H24O4/c1-5-16-12(14)11(13(15)17-6-2)9-7-8-10(3)4/h10-11H,5-9H2,1-4H3. The summed E-state index contributed by atoms with van der Waals surface area (Å²) in [6, 6.07) is 0. The molecule has 17 heavy (non-hydrogen) atoms. The van der Waals surface area contributed by atoms with Crippen molar-refractivity contribution in [3.63, 3.8) is 0 Å². The first kappa shape index (κ1) is 15.9. The molecule has 0 N–H and O–H groups in total. The summed E-state index contributed by atoms with van der Waals surface area (Å²) in [6.07, 6.45) is 2.34. The fourth-order valence-electron chi connectivity index (χ4n) is 1.55. The van der Waals surface area contributed by atoms with Gasteiger partial charge in [-0.3, -0.25) is 9.59 Å². The smallest absolute Gasteiger partial charge is 0.320 e. The Morgan fingerprint density at radius 1 is 0.941 bits per heavy atom. The van der Waals surface area contributed by atoms with E-state index in [0.717, 1.165) is 12.8 Å². The normalized spacial score (nSPS) is 10.7. The van der Waals surface area contributed by atoms with E-state index < -0.39 is 17.9 Å². The van der Waals surface area contributed by atoms with Crippen molar-refractivity contribution in [3.05, 3.63) is 0 Å². The molecule has 0 saturated heterocycles. The maximum absolute atomic E-state index is 11.6. The van der Waals surface area contributed by atoms with Gasteiger partial charge < -0.3 is 9.47 Å². The van der Waals surface area contributed by atoms with Gasteiger partial charge in [0.15, 0.2) is 5.92 Å². The summed E-state index contributed by atoms with van der Waals surface area (Å²) in [6.45, 7) is 8.27. The molecule has 0 aromatic heterocycles. The molecule has 0 aliphatic rings. The topological polar surface area (TPSA) is 52.6 Å². The number of rotatable bonds is 8. The van der Waals surface area contributed by atoms with Crippen molar-refractivity contribution in [1.82, 2.24) is 0 Å². The first-order valence-electron chi connectivity index (χ1n) is 6.36. The fraction of sp³-hybridized carbons (Fsp3) is 0.846. The third-order valence-electron chi connectivity index (χ3n) is 2.42. The van der Waals surface area contributed by atoms with E-state index >= 15 is 0 Å². The molecule has 4 heteroatoms. The maximum Gasteiger partial charge on any atom is 0.320 e. The average molecular weight is 244 g/mol. The molecule has 0 aliphatic heterocycles. The van der Waals surface area contributed by atoms with Crippen LogP contribution in [0.2, 0.25) is 0 Å². The first-order chi connectivity index (χ1) is 8.02. The summed E-state index contributed by atoms with van der Waals surface area (Å²) in [4.78, 5) is 23.2. The van der Waals surface area contributed by atoms with Gasteiger partial charge in [0.1, 0.15) is 0 Å². The Bertz CT molecular complexity index is 218. The van der Waals surface area contributed by atoms with E-state index in [9.17, 15) is 9.59 Å². The zero-order chi connectivity index (χ0) is 13.3. The molecular weight excluding hydrogens is 220 g/mol. The van der Waals surface area contributed by atoms with Crippen LogP contribution >= 0.6 is 0 Å². The van der Waals surface area contributed by atoms with Crippen LogP contribution in [0.4, 0.5) is 0 Å². The van der Waals surface area contributed by atoms with E-state index in [4.69, 9.17) is 9.47 Å². The quantitative estimate of drug-likeness (QED) is 0.486. The molecule has 4 nitrogen and oxygen atoms in total. The minimum absolute atomic E-state index is 0.291. The Hall–Kier alpha value is -1.06. The van der Waals surface area contributed by atoms with Crippen LogP contribution < -0.4 is 0 Å². The summed E-state index contributed by atoms with van der Waals surface area (Å²) in [5, 5.41) is 0. The fourth-order valence-corrected chi connectivity index (χ4v) is 1.55. The third-order valence-corrected chi connectivity index (χ3v) is 2.42. The first-order valence-corrected chi connectivity index (χ1v) is 6.36. The lowest BCUT2D eigenvalue weighted by atomic mass is 9.98. The number of hydrogen-bond donors (Lipinski definition) is 0. The van der Waals surface area contributed by atoms with Crippen molar-refractivity contribution in [2.24, 2.45) is 11.8 Å². The predicted molar refractivity (Wildman–Crippen MR) is 65.4 cm³/mol. The minimum Gasteiger partial charge on any atom is -0.465 e.